The van der Waals surface area contributed by atoms with Gasteiger partial charge in [0.1, 0.15) is 5.69 Å². The smallest absolute Gasteiger partial charge is 0.268 e. The summed E-state index contributed by atoms with van der Waals surface area (Å²) in [5.74, 6) is -0.00370. The molecule has 0 aliphatic carbocycles. The molecule has 17 heavy (non-hydrogen) atoms. The van der Waals surface area contributed by atoms with Gasteiger partial charge < -0.3 is 9.88 Å². The van der Waals surface area contributed by atoms with Gasteiger partial charge >= 0.3 is 0 Å². The van der Waals surface area contributed by atoms with E-state index in [4.69, 9.17) is 0 Å². The molecule has 0 aromatic carbocycles. The summed E-state index contributed by atoms with van der Waals surface area (Å²) in [5.41, 5.74) is 0.560. The lowest BCUT2D eigenvalue weighted by Crippen LogP contribution is -2.43. The van der Waals surface area contributed by atoms with Gasteiger partial charge in [0.05, 0.1) is 0 Å². The number of aromatic nitrogens is 1. The standard InChI is InChI=1S/C13H21BrN2O/c1-5-7-13(3,4)15-12(17)11-8-10(14)9-16(11)6-2/h8-9H,5-7H2,1-4H3,(H,15,17). The highest BCUT2D eigenvalue weighted by Crippen LogP contribution is 2.17. The first-order chi connectivity index (χ1) is 7.89. The molecule has 0 atom stereocenters. The first kappa shape index (κ1) is 14.3. The maximum absolute atomic E-state index is 12.2. The summed E-state index contributed by atoms with van der Waals surface area (Å²) in [4.78, 5) is 12.2. The number of rotatable bonds is 5. The number of nitrogens with zero attached hydrogens (tertiary/aromatic N) is 1. The van der Waals surface area contributed by atoms with E-state index in [-0.39, 0.29) is 11.4 Å². The number of amides is 1. The van der Waals surface area contributed by atoms with E-state index in [1.165, 1.54) is 0 Å². The molecular formula is C13H21BrN2O. The second-order valence-corrected chi connectivity index (χ2v) is 5.83. The van der Waals surface area contributed by atoms with Crippen molar-refractivity contribution in [2.45, 2.75) is 52.6 Å². The average Bonchev–Trinajstić information content (AvgIpc) is 2.58. The van der Waals surface area contributed by atoms with Gasteiger partial charge in [0.15, 0.2) is 0 Å². The Morgan fingerprint density at radius 3 is 2.65 bits per heavy atom. The van der Waals surface area contributed by atoms with Crippen molar-refractivity contribution >= 4 is 21.8 Å². The van der Waals surface area contributed by atoms with Crippen molar-refractivity contribution in [2.75, 3.05) is 0 Å². The van der Waals surface area contributed by atoms with E-state index in [1.54, 1.807) is 0 Å². The van der Waals surface area contributed by atoms with Crippen LogP contribution in [0.1, 0.15) is 51.0 Å². The Kier molecular flexibility index (Phi) is 4.80. The molecule has 0 aliphatic rings. The fraction of sp³-hybridized carbons (Fsp3) is 0.615. The number of nitrogens with one attached hydrogen (secondary N) is 1. The van der Waals surface area contributed by atoms with Gasteiger partial charge in [-0.3, -0.25) is 4.79 Å². The molecule has 0 fully saturated rings. The van der Waals surface area contributed by atoms with Crippen molar-refractivity contribution in [2.24, 2.45) is 0 Å². The monoisotopic (exact) mass is 300 g/mol. The van der Waals surface area contributed by atoms with Gasteiger partial charge in [-0.2, -0.15) is 0 Å². The van der Waals surface area contributed by atoms with Crippen molar-refractivity contribution in [1.82, 2.24) is 9.88 Å². The van der Waals surface area contributed by atoms with Crippen LogP contribution in [-0.2, 0) is 6.54 Å². The van der Waals surface area contributed by atoms with Gasteiger partial charge in [-0.1, -0.05) is 13.3 Å². The van der Waals surface area contributed by atoms with E-state index in [1.807, 2.05) is 23.8 Å². The quantitative estimate of drug-likeness (QED) is 0.886. The summed E-state index contributed by atoms with van der Waals surface area (Å²) in [6.07, 6.45) is 3.97. The van der Waals surface area contributed by atoms with Crippen molar-refractivity contribution < 1.29 is 4.79 Å². The molecule has 0 saturated carbocycles. The molecule has 1 rings (SSSR count). The third-order valence-corrected chi connectivity index (χ3v) is 3.20. The van der Waals surface area contributed by atoms with Gasteiger partial charge in [-0.15, -0.1) is 0 Å². The minimum Gasteiger partial charge on any atom is -0.346 e. The molecule has 1 aromatic heterocycles. The van der Waals surface area contributed by atoms with Crippen molar-refractivity contribution in [1.29, 1.82) is 0 Å². The van der Waals surface area contributed by atoms with Crippen LogP contribution < -0.4 is 5.32 Å². The van der Waals surface area contributed by atoms with Gasteiger partial charge in [-0.25, -0.2) is 0 Å². The zero-order valence-electron chi connectivity index (χ0n) is 11.0. The zero-order chi connectivity index (χ0) is 13.1. The highest BCUT2D eigenvalue weighted by molar-refractivity contribution is 9.10. The zero-order valence-corrected chi connectivity index (χ0v) is 12.6. The highest BCUT2D eigenvalue weighted by Gasteiger charge is 2.21. The van der Waals surface area contributed by atoms with E-state index in [0.717, 1.165) is 23.9 Å². The minimum absolute atomic E-state index is 0.00370. The van der Waals surface area contributed by atoms with E-state index in [9.17, 15) is 4.79 Å². The topological polar surface area (TPSA) is 34.0 Å². The van der Waals surface area contributed by atoms with Crippen LogP contribution >= 0.6 is 15.9 Å². The largest absolute Gasteiger partial charge is 0.346 e. The maximum Gasteiger partial charge on any atom is 0.268 e. The molecule has 96 valence electrons. The van der Waals surface area contributed by atoms with Gasteiger partial charge in [0.2, 0.25) is 0 Å². The Bertz CT molecular complexity index is 396. The lowest BCUT2D eigenvalue weighted by Gasteiger charge is -2.25. The molecule has 0 aliphatic heterocycles. The predicted molar refractivity (Wildman–Crippen MR) is 74.3 cm³/mol. The van der Waals surface area contributed by atoms with Crippen LogP contribution in [0.4, 0.5) is 0 Å². The molecule has 1 heterocycles. The Balaban J connectivity index is 2.82. The van der Waals surface area contributed by atoms with E-state index >= 15 is 0 Å². The Morgan fingerprint density at radius 1 is 1.47 bits per heavy atom. The summed E-state index contributed by atoms with van der Waals surface area (Å²) in [5, 5.41) is 3.08. The molecule has 1 N–H and O–H groups in total. The first-order valence-corrected chi connectivity index (χ1v) is 6.87. The Hall–Kier alpha value is -0.770. The number of carbonyl (C=O) groups is 1. The van der Waals surface area contributed by atoms with Crippen LogP contribution in [0.2, 0.25) is 0 Å². The third kappa shape index (κ3) is 3.87. The number of carbonyl (C=O) groups excluding carboxylic acids is 1. The number of hydrogen-bond acceptors (Lipinski definition) is 1. The lowest BCUT2D eigenvalue weighted by atomic mass is 9.99. The predicted octanol–water partition coefficient (Wildman–Crippen LogP) is 3.58. The fourth-order valence-corrected chi connectivity index (χ4v) is 2.45. The fourth-order valence-electron chi connectivity index (χ4n) is 1.99. The molecule has 4 heteroatoms. The molecular weight excluding hydrogens is 280 g/mol. The van der Waals surface area contributed by atoms with Crippen molar-refractivity contribution in [3.8, 4) is 0 Å². The molecule has 3 nitrogen and oxygen atoms in total. The normalized spacial score (nSPS) is 11.6. The molecule has 0 bridgehead atoms. The van der Waals surface area contributed by atoms with Crippen molar-refractivity contribution in [3.63, 3.8) is 0 Å². The molecule has 0 radical (unpaired) electrons. The lowest BCUT2D eigenvalue weighted by molar-refractivity contribution is 0.0899. The second kappa shape index (κ2) is 5.71. The van der Waals surface area contributed by atoms with Gasteiger partial charge in [0, 0.05) is 22.8 Å². The average molecular weight is 301 g/mol. The maximum atomic E-state index is 12.2. The summed E-state index contributed by atoms with van der Waals surface area (Å²) >= 11 is 3.40. The van der Waals surface area contributed by atoms with Gasteiger partial charge in [-0.05, 0) is 49.2 Å². The molecule has 1 aromatic rings. The van der Waals surface area contributed by atoms with E-state index < -0.39 is 0 Å². The van der Waals surface area contributed by atoms with Crippen LogP contribution in [0.25, 0.3) is 0 Å². The van der Waals surface area contributed by atoms with E-state index in [0.29, 0.717) is 5.69 Å². The summed E-state index contributed by atoms with van der Waals surface area (Å²) in [6.45, 7) is 9.06. The SMILES string of the molecule is CCCC(C)(C)NC(=O)c1cc(Br)cn1CC. The summed E-state index contributed by atoms with van der Waals surface area (Å²) in [6, 6.07) is 1.86. The van der Waals surface area contributed by atoms with Crippen LogP contribution in [0.3, 0.4) is 0 Å². The highest BCUT2D eigenvalue weighted by atomic mass is 79.9. The Labute approximate surface area is 112 Å². The third-order valence-electron chi connectivity index (χ3n) is 2.76. The van der Waals surface area contributed by atoms with Crippen LogP contribution in [0.5, 0.6) is 0 Å². The number of hydrogen-bond donors (Lipinski definition) is 1. The first-order valence-electron chi connectivity index (χ1n) is 6.07. The van der Waals surface area contributed by atoms with Crippen LogP contribution in [-0.4, -0.2) is 16.0 Å². The van der Waals surface area contributed by atoms with Crippen LogP contribution in [0, 0.1) is 0 Å². The summed E-state index contributed by atoms with van der Waals surface area (Å²) in [7, 11) is 0. The molecule has 1 amide bonds. The van der Waals surface area contributed by atoms with Gasteiger partial charge in [0.25, 0.3) is 5.91 Å². The number of aryl methyl sites for hydroxylation is 1. The Morgan fingerprint density at radius 2 is 2.12 bits per heavy atom. The van der Waals surface area contributed by atoms with Crippen molar-refractivity contribution in [3.05, 3.63) is 22.4 Å². The molecule has 0 saturated heterocycles. The second-order valence-electron chi connectivity index (χ2n) is 4.92. The van der Waals surface area contributed by atoms with E-state index in [2.05, 4.69) is 42.0 Å². The summed E-state index contributed by atoms with van der Waals surface area (Å²) < 4.78 is 2.89. The molecule has 0 unspecified atom stereocenters. The molecule has 0 spiro atoms. The number of halogens is 1. The van der Waals surface area contributed by atoms with Crippen LogP contribution in [0.15, 0.2) is 16.7 Å². The minimum atomic E-state index is -0.152.